The molecule has 6 heteroatoms. The summed E-state index contributed by atoms with van der Waals surface area (Å²) >= 11 is 0. The SMILES string of the molecule is Cc1ccccc1-n1ncc(CN2CCc3nc(-c4cccnc4)ncc3C2)c1C. The number of fused-ring (bicyclic) bond motifs is 1. The molecule has 0 bridgehead atoms. The Morgan fingerprint density at radius 2 is 1.90 bits per heavy atom. The third-order valence-corrected chi connectivity index (χ3v) is 5.78. The molecular weight excluding hydrogens is 372 g/mol. The first-order valence-corrected chi connectivity index (χ1v) is 10.3. The molecule has 0 aliphatic carbocycles. The van der Waals surface area contributed by atoms with Crippen LogP contribution in [0.25, 0.3) is 17.1 Å². The number of para-hydroxylation sites is 1. The molecule has 4 heterocycles. The van der Waals surface area contributed by atoms with Gasteiger partial charge in [0.2, 0.25) is 0 Å². The second-order valence-electron chi connectivity index (χ2n) is 7.82. The van der Waals surface area contributed by atoms with Gasteiger partial charge in [0.15, 0.2) is 5.82 Å². The van der Waals surface area contributed by atoms with Crippen molar-refractivity contribution in [1.82, 2.24) is 29.6 Å². The van der Waals surface area contributed by atoms with Crippen LogP contribution in [0.1, 0.15) is 28.1 Å². The number of nitrogens with zero attached hydrogens (tertiary/aromatic N) is 6. The van der Waals surface area contributed by atoms with Crippen molar-refractivity contribution in [3.63, 3.8) is 0 Å². The van der Waals surface area contributed by atoms with Gasteiger partial charge in [0.25, 0.3) is 0 Å². The van der Waals surface area contributed by atoms with E-state index in [1.165, 1.54) is 22.4 Å². The van der Waals surface area contributed by atoms with E-state index in [4.69, 9.17) is 4.98 Å². The molecule has 4 aromatic rings. The third-order valence-electron chi connectivity index (χ3n) is 5.78. The number of pyridine rings is 1. The van der Waals surface area contributed by atoms with Gasteiger partial charge in [-0.15, -0.1) is 0 Å². The summed E-state index contributed by atoms with van der Waals surface area (Å²) in [6, 6.07) is 12.3. The molecule has 3 aromatic heterocycles. The van der Waals surface area contributed by atoms with Crippen LogP contribution in [0, 0.1) is 13.8 Å². The molecule has 0 amide bonds. The summed E-state index contributed by atoms with van der Waals surface area (Å²) in [5.74, 6) is 0.755. The molecule has 0 fully saturated rings. The van der Waals surface area contributed by atoms with Crippen LogP contribution in [0.3, 0.4) is 0 Å². The monoisotopic (exact) mass is 396 g/mol. The number of aromatic nitrogens is 5. The quantitative estimate of drug-likeness (QED) is 0.524. The molecule has 0 N–H and O–H groups in total. The second-order valence-corrected chi connectivity index (χ2v) is 7.82. The Hall–Kier alpha value is -3.38. The van der Waals surface area contributed by atoms with Crippen molar-refractivity contribution >= 4 is 0 Å². The fourth-order valence-electron chi connectivity index (χ4n) is 4.03. The Morgan fingerprint density at radius 3 is 2.73 bits per heavy atom. The van der Waals surface area contributed by atoms with Gasteiger partial charge in [0, 0.05) is 67.0 Å². The zero-order valence-electron chi connectivity index (χ0n) is 17.3. The number of hydrogen-bond acceptors (Lipinski definition) is 5. The van der Waals surface area contributed by atoms with Crippen LogP contribution in [0.5, 0.6) is 0 Å². The molecule has 1 aliphatic heterocycles. The molecule has 0 saturated heterocycles. The topological polar surface area (TPSA) is 59.7 Å². The first kappa shape index (κ1) is 18.6. The van der Waals surface area contributed by atoms with Gasteiger partial charge >= 0.3 is 0 Å². The van der Waals surface area contributed by atoms with Crippen LogP contribution < -0.4 is 0 Å². The van der Waals surface area contributed by atoms with E-state index in [2.05, 4.69) is 58.1 Å². The van der Waals surface area contributed by atoms with Crippen LogP contribution in [0.15, 0.2) is 61.2 Å². The molecule has 0 atom stereocenters. The average Bonchev–Trinajstić information content (AvgIpc) is 3.14. The van der Waals surface area contributed by atoms with Crippen molar-refractivity contribution < 1.29 is 0 Å². The summed E-state index contributed by atoms with van der Waals surface area (Å²) in [5, 5.41) is 4.66. The van der Waals surface area contributed by atoms with Gasteiger partial charge in [0.1, 0.15) is 0 Å². The lowest BCUT2D eigenvalue weighted by atomic mass is 10.1. The highest BCUT2D eigenvalue weighted by Gasteiger charge is 2.21. The van der Waals surface area contributed by atoms with E-state index >= 15 is 0 Å². The van der Waals surface area contributed by atoms with Crippen molar-refractivity contribution in [2.45, 2.75) is 33.4 Å². The van der Waals surface area contributed by atoms with E-state index in [0.717, 1.165) is 48.8 Å². The molecule has 0 unspecified atom stereocenters. The van der Waals surface area contributed by atoms with Crippen LogP contribution in [-0.4, -0.2) is 36.2 Å². The highest BCUT2D eigenvalue weighted by atomic mass is 15.3. The molecule has 1 aliphatic rings. The fraction of sp³-hybridized carbons (Fsp3) is 0.250. The first-order valence-electron chi connectivity index (χ1n) is 10.3. The summed E-state index contributed by atoms with van der Waals surface area (Å²) < 4.78 is 2.05. The summed E-state index contributed by atoms with van der Waals surface area (Å²) in [6.07, 6.45) is 8.48. The molecule has 1 aromatic carbocycles. The Kier molecular flexibility index (Phi) is 4.85. The Balaban J connectivity index is 1.33. The van der Waals surface area contributed by atoms with E-state index in [1.807, 2.05) is 35.4 Å². The van der Waals surface area contributed by atoms with Crippen molar-refractivity contribution in [2.24, 2.45) is 0 Å². The third kappa shape index (κ3) is 3.50. The van der Waals surface area contributed by atoms with Crippen LogP contribution in [0.2, 0.25) is 0 Å². The van der Waals surface area contributed by atoms with E-state index in [0.29, 0.717) is 0 Å². The minimum atomic E-state index is 0.755. The number of rotatable bonds is 4. The predicted octanol–water partition coefficient (Wildman–Crippen LogP) is 3.90. The molecule has 30 heavy (non-hydrogen) atoms. The molecule has 0 spiro atoms. The smallest absolute Gasteiger partial charge is 0.160 e. The van der Waals surface area contributed by atoms with Gasteiger partial charge in [-0.05, 0) is 37.6 Å². The second kappa shape index (κ2) is 7.80. The van der Waals surface area contributed by atoms with Gasteiger partial charge in [-0.25, -0.2) is 14.6 Å². The maximum absolute atomic E-state index is 4.80. The highest BCUT2D eigenvalue weighted by Crippen LogP contribution is 2.23. The standard InChI is InChI=1S/C24H24N6/c1-17-6-3-4-8-23(17)30-18(2)20(14-27-30)15-29-11-9-22-21(16-29)13-26-24(28-22)19-7-5-10-25-12-19/h3-8,10,12-14H,9,11,15-16H2,1-2H3. The van der Waals surface area contributed by atoms with Crippen LogP contribution in [0.4, 0.5) is 0 Å². The van der Waals surface area contributed by atoms with Gasteiger partial charge in [-0.1, -0.05) is 18.2 Å². The number of benzene rings is 1. The summed E-state index contributed by atoms with van der Waals surface area (Å²) in [6.45, 7) is 6.98. The average molecular weight is 396 g/mol. The lowest BCUT2D eigenvalue weighted by molar-refractivity contribution is 0.242. The van der Waals surface area contributed by atoms with E-state index in [1.54, 1.807) is 6.20 Å². The van der Waals surface area contributed by atoms with Crippen molar-refractivity contribution in [1.29, 1.82) is 0 Å². The number of hydrogen-bond donors (Lipinski definition) is 0. The minimum absolute atomic E-state index is 0.755. The zero-order chi connectivity index (χ0) is 20.5. The molecule has 0 saturated carbocycles. The van der Waals surface area contributed by atoms with Gasteiger partial charge < -0.3 is 0 Å². The maximum Gasteiger partial charge on any atom is 0.160 e. The molecule has 150 valence electrons. The minimum Gasteiger partial charge on any atom is -0.294 e. The van der Waals surface area contributed by atoms with Crippen molar-refractivity contribution in [2.75, 3.05) is 6.54 Å². The maximum atomic E-state index is 4.80. The fourth-order valence-corrected chi connectivity index (χ4v) is 4.03. The molecular formula is C24H24N6. The first-order chi connectivity index (χ1) is 14.7. The Bertz CT molecular complexity index is 1180. The summed E-state index contributed by atoms with van der Waals surface area (Å²) in [7, 11) is 0. The zero-order valence-corrected chi connectivity index (χ0v) is 17.3. The number of aryl methyl sites for hydroxylation is 1. The van der Waals surface area contributed by atoms with Crippen LogP contribution >= 0.6 is 0 Å². The Morgan fingerprint density at radius 1 is 1.00 bits per heavy atom. The molecule has 0 radical (unpaired) electrons. The van der Waals surface area contributed by atoms with E-state index < -0.39 is 0 Å². The van der Waals surface area contributed by atoms with Gasteiger partial charge in [-0.2, -0.15) is 5.10 Å². The van der Waals surface area contributed by atoms with E-state index in [-0.39, 0.29) is 0 Å². The lowest BCUT2D eigenvalue weighted by Gasteiger charge is -2.28. The molecule has 5 rings (SSSR count). The van der Waals surface area contributed by atoms with Gasteiger partial charge in [-0.3, -0.25) is 9.88 Å². The lowest BCUT2D eigenvalue weighted by Crippen LogP contribution is -2.31. The predicted molar refractivity (Wildman–Crippen MR) is 116 cm³/mol. The van der Waals surface area contributed by atoms with E-state index in [9.17, 15) is 0 Å². The van der Waals surface area contributed by atoms with Gasteiger partial charge in [0.05, 0.1) is 17.6 Å². The van der Waals surface area contributed by atoms with Crippen LogP contribution in [-0.2, 0) is 19.5 Å². The summed E-state index contributed by atoms with van der Waals surface area (Å²) in [5.41, 5.74) is 8.13. The van der Waals surface area contributed by atoms with Crippen molar-refractivity contribution in [3.8, 4) is 17.1 Å². The highest BCUT2D eigenvalue weighted by molar-refractivity contribution is 5.53. The summed E-state index contributed by atoms with van der Waals surface area (Å²) in [4.78, 5) is 16.0. The normalized spacial score (nSPS) is 13.9. The Labute approximate surface area is 176 Å². The largest absolute Gasteiger partial charge is 0.294 e. The molecule has 6 nitrogen and oxygen atoms in total. The van der Waals surface area contributed by atoms with Crippen molar-refractivity contribution in [3.05, 3.63) is 89.3 Å².